The van der Waals surface area contributed by atoms with Crippen LogP contribution in [0.2, 0.25) is 0 Å². The second-order valence-electron chi connectivity index (χ2n) is 4.27. The van der Waals surface area contributed by atoms with E-state index in [2.05, 4.69) is 4.99 Å². The zero-order valence-corrected chi connectivity index (χ0v) is 13.2. The summed E-state index contributed by atoms with van der Waals surface area (Å²) in [6.45, 7) is 5.41. The Labute approximate surface area is 130 Å². The first kappa shape index (κ1) is 16.4. The van der Waals surface area contributed by atoms with Gasteiger partial charge in [-0.1, -0.05) is 0 Å². The maximum atomic E-state index is 11.8. The first-order valence-corrected chi connectivity index (χ1v) is 6.25. The van der Waals surface area contributed by atoms with E-state index in [9.17, 15) is 4.79 Å². The summed E-state index contributed by atoms with van der Waals surface area (Å²) in [5, 5.41) is 0. The number of aliphatic imine (C=N–C) groups is 1. The van der Waals surface area contributed by atoms with Crippen LogP contribution in [0.5, 0.6) is 0 Å². The SMILES string of the molecule is I.NC(=NCC(=O)N1CCOCC1)N1CCOCC1. The first-order chi connectivity index (χ1) is 8.77. The largest absolute Gasteiger partial charge is 0.378 e. The molecule has 2 heterocycles. The molecular weight excluding hydrogens is 363 g/mol. The Morgan fingerprint density at radius 1 is 1.00 bits per heavy atom. The summed E-state index contributed by atoms with van der Waals surface area (Å²) in [5.74, 6) is 0.439. The lowest BCUT2D eigenvalue weighted by Gasteiger charge is -2.28. The van der Waals surface area contributed by atoms with E-state index >= 15 is 0 Å². The predicted octanol–water partition coefficient (Wildman–Crippen LogP) is -0.890. The number of morpholine rings is 2. The Bertz CT molecular complexity index is 315. The smallest absolute Gasteiger partial charge is 0.244 e. The van der Waals surface area contributed by atoms with Crippen LogP contribution in [-0.2, 0) is 14.3 Å². The van der Waals surface area contributed by atoms with Crippen molar-refractivity contribution in [1.29, 1.82) is 0 Å². The van der Waals surface area contributed by atoms with Gasteiger partial charge in [0.1, 0.15) is 6.54 Å². The fourth-order valence-electron chi connectivity index (χ4n) is 1.95. The minimum Gasteiger partial charge on any atom is -0.378 e. The molecule has 1 amide bonds. The lowest BCUT2D eigenvalue weighted by atomic mass is 10.4. The third-order valence-electron chi connectivity index (χ3n) is 3.08. The summed E-state index contributed by atoms with van der Waals surface area (Å²) in [7, 11) is 0. The molecule has 110 valence electrons. The van der Waals surface area contributed by atoms with Gasteiger partial charge in [-0.3, -0.25) is 4.79 Å². The minimum atomic E-state index is 0. The molecule has 0 saturated carbocycles. The summed E-state index contributed by atoms with van der Waals surface area (Å²) < 4.78 is 10.4. The van der Waals surface area contributed by atoms with Crippen molar-refractivity contribution in [1.82, 2.24) is 9.80 Å². The van der Waals surface area contributed by atoms with Gasteiger partial charge in [-0.15, -0.1) is 24.0 Å². The van der Waals surface area contributed by atoms with Crippen LogP contribution in [0.1, 0.15) is 0 Å². The molecule has 2 saturated heterocycles. The Kier molecular flexibility index (Phi) is 7.39. The number of ether oxygens (including phenoxy) is 2. The Hall–Kier alpha value is -0.610. The Morgan fingerprint density at radius 2 is 1.47 bits per heavy atom. The zero-order valence-electron chi connectivity index (χ0n) is 10.9. The van der Waals surface area contributed by atoms with Gasteiger partial charge in [0.15, 0.2) is 5.96 Å². The number of guanidine groups is 1. The van der Waals surface area contributed by atoms with Crippen molar-refractivity contribution in [3.63, 3.8) is 0 Å². The van der Waals surface area contributed by atoms with Crippen LogP contribution in [0, 0.1) is 0 Å². The van der Waals surface area contributed by atoms with Crippen LogP contribution >= 0.6 is 24.0 Å². The van der Waals surface area contributed by atoms with Crippen molar-refractivity contribution in [2.75, 3.05) is 59.2 Å². The Morgan fingerprint density at radius 3 is 2.00 bits per heavy atom. The maximum Gasteiger partial charge on any atom is 0.244 e. The van der Waals surface area contributed by atoms with Gasteiger partial charge in [0, 0.05) is 26.2 Å². The molecule has 0 aromatic heterocycles. The fourth-order valence-corrected chi connectivity index (χ4v) is 1.95. The highest BCUT2D eigenvalue weighted by Gasteiger charge is 2.17. The number of amides is 1. The van der Waals surface area contributed by atoms with Crippen molar-refractivity contribution in [2.24, 2.45) is 10.7 Å². The molecule has 7 nitrogen and oxygen atoms in total. The van der Waals surface area contributed by atoms with Crippen LogP contribution in [0.3, 0.4) is 0 Å². The monoisotopic (exact) mass is 384 g/mol. The summed E-state index contributed by atoms with van der Waals surface area (Å²) in [6, 6.07) is 0. The second-order valence-corrected chi connectivity index (χ2v) is 4.27. The average molecular weight is 384 g/mol. The number of halogens is 1. The van der Waals surface area contributed by atoms with E-state index < -0.39 is 0 Å². The highest BCUT2D eigenvalue weighted by Crippen LogP contribution is 1.99. The van der Waals surface area contributed by atoms with Crippen LogP contribution in [0.25, 0.3) is 0 Å². The highest BCUT2D eigenvalue weighted by atomic mass is 127. The molecule has 0 aliphatic carbocycles. The summed E-state index contributed by atoms with van der Waals surface area (Å²) >= 11 is 0. The van der Waals surface area contributed by atoms with E-state index in [-0.39, 0.29) is 36.4 Å². The van der Waals surface area contributed by atoms with E-state index in [4.69, 9.17) is 15.2 Å². The van der Waals surface area contributed by atoms with Gasteiger partial charge in [0.25, 0.3) is 0 Å². The number of hydrogen-bond donors (Lipinski definition) is 1. The molecule has 0 aromatic carbocycles. The van der Waals surface area contributed by atoms with E-state index in [1.807, 2.05) is 4.90 Å². The zero-order chi connectivity index (χ0) is 12.8. The molecule has 0 spiro atoms. The van der Waals surface area contributed by atoms with Gasteiger partial charge in [-0.05, 0) is 0 Å². The van der Waals surface area contributed by atoms with Gasteiger partial charge < -0.3 is 25.0 Å². The topological polar surface area (TPSA) is 80.4 Å². The lowest BCUT2D eigenvalue weighted by Crippen LogP contribution is -2.46. The molecular formula is C11H21IN4O3. The molecule has 0 atom stereocenters. The number of carbonyl (C=O) groups excluding carboxylic acids is 1. The number of nitrogens with two attached hydrogens (primary N) is 1. The van der Waals surface area contributed by atoms with Crippen molar-refractivity contribution in [3.8, 4) is 0 Å². The third kappa shape index (κ3) is 5.11. The Balaban J connectivity index is 0.00000180. The summed E-state index contributed by atoms with van der Waals surface area (Å²) in [6.07, 6.45) is 0. The number of hydrogen-bond acceptors (Lipinski definition) is 4. The molecule has 0 unspecified atom stereocenters. The van der Waals surface area contributed by atoms with Gasteiger partial charge in [0.2, 0.25) is 5.91 Å². The van der Waals surface area contributed by atoms with Gasteiger partial charge in [-0.2, -0.15) is 0 Å². The van der Waals surface area contributed by atoms with Crippen molar-refractivity contribution < 1.29 is 14.3 Å². The number of nitrogens with zero attached hydrogens (tertiary/aromatic N) is 3. The molecule has 2 N–H and O–H groups in total. The fraction of sp³-hybridized carbons (Fsp3) is 0.818. The van der Waals surface area contributed by atoms with Gasteiger partial charge in [0.05, 0.1) is 26.4 Å². The minimum absolute atomic E-state index is 0. The van der Waals surface area contributed by atoms with Gasteiger partial charge >= 0.3 is 0 Å². The van der Waals surface area contributed by atoms with E-state index in [1.165, 1.54) is 0 Å². The number of carbonyl (C=O) groups is 1. The molecule has 0 bridgehead atoms. The summed E-state index contributed by atoms with van der Waals surface area (Å²) in [4.78, 5) is 19.7. The molecule has 0 radical (unpaired) electrons. The molecule has 2 rings (SSSR count). The molecule has 19 heavy (non-hydrogen) atoms. The number of rotatable bonds is 2. The van der Waals surface area contributed by atoms with E-state index in [0.717, 1.165) is 13.1 Å². The van der Waals surface area contributed by atoms with E-state index in [0.29, 0.717) is 45.5 Å². The van der Waals surface area contributed by atoms with Crippen LogP contribution in [-0.4, -0.2) is 80.8 Å². The van der Waals surface area contributed by atoms with Gasteiger partial charge in [-0.25, -0.2) is 4.99 Å². The molecule has 8 heteroatoms. The maximum absolute atomic E-state index is 11.8. The standard InChI is InChI=1S/C11H20N4O3.HI/c12-11(15-3-7-18-8-4-15)13-9-10(16)14-1-5-17-6-2-14;/h1-9H2,(H2,12,13);1H. The van der Waals surface area contributed by atoms with Crippen LogP contribution in [0.4, 0.5) is 0 Å². The van der Waals surface area contributed by atoms with Crippen LogP contribution < -0.4 is 5.73 Å². The molecule has 2 fully saturated rings. The normalized spacial score (nSPS) is 20.9. The lowest BCUT2D eigenvalue weighted by molar-refractivity contribution is -0.133. The van der Waals surface area contributed by atoms with Crippen molar-refractivity contribution in [2.45, 2.75) is 0 Å². The second kappa shape index (κ2) is 8.54. The predicted molar refractivity (Wildman–Crippen MR) is 81.7 cm³/mol. The summed E-state index contributed by atoms with van der Waals surface area (Å²) in [5.41, 5.74) is 5.85. The highest BCUT2D eigenvalue weighted by molar-refractivity contribution is 14.0. The van der Waals surface area contributed by atoms with E-state index in [1.54, 1.807) is 4.90 Å². The molecule has 2 aliphatic heterocycles. The first-order valence-electron chi connectivity index (χ1n) is 6.25. The average Bonchev–Trinajstić information content (AvgIpc) is 2.46. The molecule has 0 aromatic rings. The molecule has 2 aliphatic rings. The van der Waals surface area contributed by atoms with Crippen LogP contribution in [0.15, 0.2) is 4.99 Å². The van der Waals surface area contributed by atoms with Crippen molar-refractivity contribution in [3.05, 3.63) is 0 Å². The van der Waals surface area contributed by atoms with Crippen molar-refractivity contribution >= 4 is 35.8 Å². The third-order valence-corrected chi connectivity index (χ3v) is 3.08. The quantitative estimate of drug-likeness (QED) is 0.380.